The molecule has 0 aliphatic rings. The molecule has 0 aromatic heterocycles. The molecule has 0 rings (SSSR count). The van der Waals surface area contributed by atoms with Gasteiger partial charge in [0.25, 0.3) is 0 Å². The Labute approximate surface area is 136 Å². The van der Waals surface area contributed by atoms with E-state index in [1.54, 1.807) is 0 Å². The molecule has 0 fully saturated rings. The quantitative estimate of drug-likeness (QED) is 0.310. The summed E-state index contributed by atoms with van der Waals surface area (Å²) < 4.78 is 8.88. The molecule has 136 valence electrons. The molecule has 0 spiro atoms. The fourth-order valence-electron chi connectivity index (χ4n) is 2.39. The van der Waals surface area contributed by atoms with Crippen molar-refractivity contribution in [3.05, 3.63) is 0 Å². The van der Waals surface area contributed by atoms with Crippen LogP contribution in [0, 0.1) is 0 Å². The van der Waals surface area contributed by atoms with E-state index in [9.17, 15) is 0 Å². The molecule has 0 aromatic carbocycles. The number of hydrogen-bond acceptors (Lipinski definition) is 2. The molecule has 0 unspecified atom stereocenters. The molecule has 0 heterocycles. The third-order valence-electron chi connectivity index (χ3n) is 4.19. The van der Waals surface area contributed by atoms with Gasteiger partial charge in [-0.3, -0.25) is 0 Å². The van der Waals surface area contributed by atoms with Crippen molar-refractivity contribution in [1.82, 2.24) is 0 Å². The Kier molecular flexibility index (Phi) is 16.2. The Morgan fingerprint density at radius 3 is 1.41 bits per heavy atom. The standard InChI is InChI=1S/C16H35N.H3O4P/c1-4-7-8-9-10-11-12-13-14-15-16(17,5-2)6-3;1-5(2,3)4/h4-15,17H2,1-3H3;(H3,1,2,3,4). The van der Waals surface area contributed by atoms with Crippen molar-refractivity contribution >= 4 is 7.82 Å². The Balaban J connectivity index is 0. The van der Waals surface area contributed by atoms with Crippen LogP contribution in [0.25, 0.3) is 0 Å². The van der Waals surface area contributed by atoms with Gasteiger partial charge in [0, 0.05) is 5.54 Å². The van der Waals surface area contributed by atoms with Gasteiger partial charge in [0.05, 0.1) is 0 Å². The zero-order chi connectivity index (χ0) is 17.5. The van der Waals surface area contributed by atoms with Crippen molar-refractivity contribution in [2.45, 2.75) is 103 Å². The van der Waals surface area contributed by atoms with Crippen LogP contribution >= 0.6 is 7.82 Å². The first-order chi connectivity index (χ1) is 10.2. The lowest BCUT2D eigenvalue weighted by Crippen LogP contribution is -2.38. The largest absolute Gasteiger partial charge is 0.466 e. The van der Waals surface area contributed by atoms with Crippen LogP contribution in [0.15, 0.2) is 0 Å². The molecule has 0 amide bonds. The number of rotatable bonds is 12. The van der Waals surface area contributed by atoms with Crippen LogP contribution in [0.5, 0.6) is 0 Å². The monoisotopic (exact) mass is 339 g/mol. The predicted octanol–water partition coefficient (Wildman–Crippen LogP) is 4.50. The summed E-state index contributed by atoms with van der Waals surface area (Å²) in [5, 5.41) is 0. The van der Waals surface area contributed by atoms with Crippen LogP contribution in [0.4, 0.5) is 0 Å². The van der Waals surface area contributed by atoms with E-state index in [-0.39, 0.29) is 5.54 Å². The molecule has 0 radical (unpaired) electrons. The van der Waals surface area contributed by atoms with Crippen LogP contribution in [0.1, 0.15) is 97.8 Å². The highest BCUT2D eigenvalue weighted by Gasteiger charge is 2.18. The second-order valence-corrected chi connectivity index (χ2v) is 7.19. The van der Waals surface area contributed by atoms with E-state index < -0.39 is 7.82 Å². The van der Waals surface area contributed by atoms with Crippen LogP contribution in [-0.2, 0) is 4.57 Å². The minimum atomic E-state index is -4.64. The number of hydrogen-bond donors (Lipinski definition) is 4. The summed E-state index contributed by atoms with van der Waals surface area (Å²) in [6, 6.07) is 0. The van der Waals surface area contributed by atoms with Gasteiger partial charge in [0.15, 0.2) is 0 Å². The molecule has 0 bridgehead atoms. The van der Waals surface area contributed by atoms with E-state index in [4.69, 9.17) is 25.0 Å². The topological polar surface area (TPSA) is 104 Å². The van der Waals surface area contributed by atoms with Crippen molar-refractivity contribution in [3.8, 4) is 0 Å². The van der Waals surface area contributed by atoms with Gasteiger partial charge in [-0.15, -0.1) is 0 Å². The number of unbranched alkanes of at least 4 members (excludes halogenated alkanes) is 8. The highest BCUT2D eigenvalue weighted by atomic mass is 31.2. The molecule has 0 saturated heterocycles. The van der Waals surface area contributed by atoms with Crippen LogP contribution in [0.2, 0.25) is 0 Å². The molecule has 0 aromatic rings. The van der Waals surface area contributed by atoms with Crippen molar-refractivity contribution in [2.24, 2.45) is 5.73 Å². The third-order valence-corrected chi connectivity index (χ3v) is 4.19. The first-order valence-electron chi connectivity index (χ1n) is 8.75. The van der Waals surface area contributed by atoms with Gasteiger partial charge in [-0.25, -0.2) is 4.57 Å². The summed E-state index contributed by atoms with van der Waals surface area (Å²) in [5.74, 6) is 0. The van der Waals surface area contributed by atoms with Crippen molar-refractivity contribution < 1.29 is 19.2 Å². The molecule has 0 aliphatic carbocycles. The molecular weight excluding hydrogens is 301 g/mol. The molecular formula is C16H38NO4P. The molecule has 0 saturated carbocycles. The van der Waals surface area contributed by atoms with Gasteiger partial charge in [-0.2, -0.15) is 0 Å². The minimum Gasteiger partial charge on any atom is -0.325 e. The van der Waals surface area contributed by atoms with E-state index in [0.717, 1.165) is 12.8 Å². The Bertz CT molecular complexity index is 269. The smallest absolute Gasteiger partial charge is 0.325 e. The van der Waals surface area contributed by atoms with Gasteiger partial charge in [-0.05, 0) is 19.3 Å². The normalized spacial score (nSPS) is 12.0. The Hall–Kier alpha value is 0.0700. The molecule has 22 heavy (non-hydrogen) atoms. The summed E-state index contributed by atoms with van der Waals surface area (Å²) in [4.78, 5) is 21.6. The average molecular weight is 339 g/mol. The maximum Gasteiger partial charge on any atom is 0.466 e. The van der Waals surface area contributed by atoms with E-state index >= 15 is 0 Å². The van der Waals surface area contributed by atoms with Crippen molar-refractivity contribution in [2.75, 3.05) is 0 Å². The number of nitrogens with two attached hydrogens (primary N) is 1. The third kappa shape index (κ3) is 22.4. The van der Waals surface area contributed by atoms with Gasteiger partial charge >= 0.3 is 7.82 Å². The summed E-state index contributed by atoms with van der Waals surface area (Å²) in [6.45, 7) is 6.72. The second kappa shape index (κ2) is 14.6. The summed E-state index contributed by atoms with van der Waals surface area (Å²) in [7, 11) is -4.64. The predicted molar refractivity (Wildman–Crippen MR) is 93.6 cm³/mol. The molecule has 6 heteroatoms. The lowest BCUT2D eigenvalue weighted by molar-refractivity contribution is 0.275. The number of phosphoric acid groups is 1. The van der Waals surface area contributed by atoms with E-state index in [0.29, 0.717) is 0 Å². The zero-order valence-corrected chi connectivity index (χ0v) is 15.7. The maximum absolute atomic E-state index is 8.88. The van der Waals surface area contributed by atoms with Gasteiger partial charge in [0.1, 0.15) is 0 Å². The first kappa shape index (κ1) is 24.3. The molecule has 0 atom stereocenters. The van der Waals surface area contributed by atoms with Gasteiger partial charge in [-0.1, -0.05) is 78.6 Å². The van der Waals surface area contributed by atoms with Crippen molar-refractivity contribution in [3.63, 3.8) is 0 Å². The molecule has 5 nitrogen and oxygen atoms in total. The zero-order valence-electron chi connectivity index (χ0n) is 14.8. The molecule has 5 N–H and O–H groups in total. The summed E-state index contributed by atoms with van der Waals surface area (Å²) in [6.07, 6.45) is 16.1. The fraction of sp³-hybridized carbons (Fsp3) is 1.00. The van der Waals surface area contributed by atoms with Crippen LogP contribution in [0.3, 0.4) is 0 Å². The van der Waals surface area contributed by atoms with Gasteiger partial charge in [0.2, 0.25) is 0 Å². The maximum atomic E-state index is 8.88. The van der Waals surface area contributed by atoms with E-state index in [1.165, 1.54) is 64.2 Å². The Morgan fingerprint density at radius 2 is 1.09 bits per heavy atom. The fourth-order valence-corrected chi connectivity index (χ4v) is 2.39. The second-order valence-electron chi connectivity index (χ2n) is 6.16. The van der Waals surface area contributed by atoms with Crippen LogP contribution < -0.4 is 5.73 Å². The van der Waals surface area contributed by atoms with E-state index in [1.807, 2.05) is 0 Å². The lowest BCUT2D eigenvalue weighted by atomic mass is 9.88. The SMILES string of the molecule is CCCCCCCCCCCC(N)(CC)CC.O=P(O)(O)O. The first-order valence-corrected chi connectivity index (χ1v) is 10.3. The highest BCUT2D eigenvalue weighted by Crippen LogP contribution is 2.25. The average Bonchev–Trinajstić information content (AvgIpc) is 2.43. The van der Waals surface area contributed by atoms with E-state index in [2.05, 4.69) is 20.8 Å². The van der Waals surface area contributed by atoms with Crippen molar-refractivity contribution in [1.29, 1.82) is 0 Å². The summed E-state index contributed by atoms with van der Waals surface area (Å²) >= 11 is 0. The Morgan fingerprint density at radius 1 is 0.773 bits per heavy atom. The molecule has 0 aliphatic heterocycles. The lowest BCUT2D eigenvalue weighted by Gasteiger charge is -2.26. The minimum absolute atomic E-state index is 0.126. The van der Waals surface area contributed by atoms with Gasteiger partial charge < -0.3 is 20.4 Å². The van der Waals surface area contributed by atoms with Crippen LogP contribution in [-0.4, -0.2) is 20.2 Å². The summed E-state index contributed by atoms with van der Waals surface area (Å²) in [5.41, 5.74) is 6.42. The highest BCUT2D eigenvalue weighted by molar-refractivity contribution is 7.45.